The highest BCUT2D eigenvalue weighted by Gasteiger charge is 2.30. The third-order valence-corrected chi connectivity index (χ3v) is 5.51. The number of ether oxygens (including phenoxy) is 2. The second kappa shape index (κ2) is 8.54. The monoisotopic (exact) mass is 450 g/mol. The molecule has 0 saturated carbocycles. The molecule has 2 heterocycles. The van der Waals surface area contributed by atoms with E-state index in [0.717, 1.165) is 11.1 Å². The van der Waals surface area contributed by atoms with Gasteiger partial charge in [0, 0.05) is 16.3 Å². The van der Waals surface area contributed by atoms with Gasteiger partial charge >= 0.3 is 11.9 Å². The number of furan rings is 2. The van der Waals surface area contributed by atoms with E-state index in [0.29, 0.717) is 33.4 Å². The summed E-state index contributed by atoms with van der Waals surface area (Å²) in [4.78, 5) is 25.4. The Morgan fingerprint density at radius 1 is 0.909 bits per heavy atom. The van der Waals surface area contributed by atoms with Crippen LogP contribution in [0.25, 0.3) is 33.1 Å². The van der Waals surface area contributed by atoms with Gasteiger partial charge < -0.3 is 29.8 Å². The van der Waals surface area contributed by atoms with Crippen LogP contribution in [0.3, 0.4) is 0 Å². The molecule has 4 aromatic rings. The van der Waals surface area contributed by atoms with E-state index in [1.807, 2.05) is 24.3 Å². The Hall–Kier alpha value is -3.94. The number of hydrogen-bond donors (Lipinski definition) is 2. The van der Waals surface area contributed by atoms with Crippen molar-refractivity contribution in [3.05, 3.63) is 47.0 Å². The van der Waals surface area contributed by atoms with Crippen LogP contribution < -0.4 is 11.5 Å². The van der Waals surface area contributed by atoms with E-state index in [4.69, 9.17) is 29.8 Å². The first-order valence-electron chi connectivity index (χ1n) is 10.8. The largest absolute Gasteiger partial charge is 0.462 e. The summed E-state index contributed by atoms with van der Waals surface area (Å²) < 4.78 is 22.0. The van der Waals surface area contributed by atoms with Crippen LogP contribution >= 0.6 is 0 Å². The summed E-state index contributed by atoms with van der Waals surface area (Å²) in [5, 5.41) is 0.838. The van der Waals surface area contributed by atoms with E-state index in [1.165, 1.54) is 0 Å². The van der Waals surface area contributed by atoms with Crippen LogP contribution in [0.4, 0.5) is 11.8 Å². The summed E-state index contributed by atoms with van der Waals surface area (Å²) in [5.41, 5.74) is 15.4. The van der Waals surface area contributed by atoms with Crippen molar-refractivity contribution in [3.8, 4) is 11.1 Å². The summed E-state index contributed by atoms with van der Waals surface area (Å²) in [6.07, 6.45) is 0. The number of nitrogens with two attached hydrogens (primary N) is 2. The van der Waals surface area contributed by atoms with Crippen molar-refractivity contribution in [2.24, 2.45) is 0 Å². The van der Waals surface area contributed by atoms with Crippen LogP contribution in [-0.2, 0) is 9.47 Å². The second-order valence-corrected chi connectivity index (χ2v) is 7.90. The molecular formula is C25H26N2O6. The molecule has 4 N–H and O–H groups in total. The lowest BCUT2D eigenvalue weighted by Gasteiger charge is -2.10. The van der Waals surface area contributed by atoms with Gasteiger partial charge in [0.05, 0.1) is 13.2 Å². The fraction of sp³-hybridized carbons (Fsp3) is 0.280. The second-order valence-electron chi connectivity index (χ2n) is 7.90. The van der Waals surface area contributed by atoms with Crippen LogP contribution in [0, 0.1) is 0 Å². The molecule has 2 aromatic heterocycles. The first kappa shape index (κ1) is 22.3. The molecule has 0 aliphatic rings. The quantitative estimate of drug-likeness (QED) is 0.369. The Morgan fingerprint density at radius 3 is 2.06 bits per heavy atom. The minimum Gasteiger partial charge on any atom is -0.462 e. The number of nitrogen functional groups attached to an aromatic ring is 2. The van der Waals surface area contributed by atoms with Crippen LogP contribution in [0.2, 0.25) is 0 Å². The molecule has 0 radical (unpaired) electrons. The highest BCUT2D eigenvalue weighted by atomic mass is 16.5. The van der Waals surface area contributed by atoms with Gasteiger partial charge in [-0.05, 0) is 37.0 Å². The zero-order valence-electron chi connectivity index (χ0n) is 19.0. The van der Waals surface area contributed by atoms with Gasteiger partial charge in [-0.15, -0.1) is 0 Å². The molecular weight excluding hydrogens is 424 g/mol. The van der Waals surface area contributed by atoms with Crippen molar-refractivity contribution in [1.29, 1.82) is 0 Å². The Kier molecular flexibility index (Phi) is 5.76. The summed E-state index contributed by atoms with van der Waals surface area (Å²) in [6.45, 7) is 7.96. The maximum Gasteiger partial charge on any atom is 0.344 e. The molecule has 8 nitrogen and oxygen atoms in total. The van der Waals surface area contributed by atoms with Gasteiger partial charge in [0.15, 0.2) is 0 Å². The Bertz CT molecular complexity index is 1360. The number of esters is 2. The van der Waals surface area contributed by atoms with Crippen molar-refractivity contribution in [1.82, 2.24) is 0 Å². The van der Waals surface area contributed by atoms with Crippen molar-refractivity contribution in [2.75, 3.05) is 24.7 Å². The Morgan fingerprint density at radius 2 is 1.48 bits per heavy atom. The summed E-state index contributed by atoms with van der Waals surface area (Å²) in [6, 6.07) is 9.42. The molecule has 0 aliphatic heterocycles. The zero-order valence-corrected chi connectivity index (χ0v) is 19.0. The van der Waals surface area contributed by atoms with Crippen LogP contribution in [0.1, 0.15) is 59.9 Å². The van der Waals surface area contributed by atoms with E-state index in [9.17, 15) is 9.59 Å². The predicted octanol–water partition coefficient (Wildman–Crippen LogP) is 5.49. The molecule has 0 atom stereocenters. The van der Waals surface area contributed by atoms with Gasteiger partial charge in [0.2, 0.25) is 11.8 Å². The number of anilines is 2. The van der Waals surface area contributed by atoms with Gasteiger partial charge in [-0.25, -0.2) is 9.59 Å². The Balaban J connectivity index is 2.12. The van der Waals surface area contributed by atoms with Crippen molar-refractivity contribution in [3.63, 3.8) is 0 Å². The van der Waals surface area contributed by atoms with Crippen molar-refractivity contribution in [2.45, 2.75) is 33.6 Å². The smallest absolute Gasteiger partial charge is 0.344 e. The third kappa shape index (κ3) is 3.67. The number of benzene rings is 2. The molecule has 0 bridgehead atoms. The van der Waals surface area contributed by atoms with Gasteiger partial charge in [0.1, 0.15) is 22.3 Å². The number of rotatable bonds is 6. The van der Waals surface area contributed by atoms with Gasteiger partial charge in [0.25, 0.3) is 0 Å². The molecule has 33 heavy (non-hydrogen) atoms. The minimum absolute atomic E-state index is 0.0817. The van der Waals surface area contributed by atoms with Crippen molar-refractivity contribution >= 4 is 45.6 Å². The fourth-order valence-corrected chi connectivity index (χ4v) is 3.98. The molecule has 0 saturated heterocycles. The van der Waals surface area contributed by atoms with E-state index >= 15 is 0 Å². The fourth-order valence-electron chi connectivity index (χ4n) is 3.98. The first-order valence-corrected chi connectivity index (χ1v) is 10.8. The SMILES string of the molecule is CCOC(=O)c1c(N)oc2c(-c3ccc(C(C)C)cc3)c3c(C(=O)OCC)c(N)oc3cc12. The maximum atomic E-state index is 12.8. The lowest BCUT2D eigenvalue weighted by Crippen LogP contribution is -2.07. The number of hydrogen-bond acceptors (Lipinski definition) is 8. The third-order valence-electron chi connectivity index (χ3n) is 5.51. The molecule has 0 fully saturated rings. The van der Waals surface area contributed by atoms with Gasteiger partial charge in [-0.1, -0.05) is 38.1 Å². The Labute approximate surface area is 190 Å². The van der Waals surface area contributed by atoms with Crippen LogP contribution in [-0.4, -0.2) is 25.2 Å². The highest BCUT2D eigenvalue weighted by Crippen LogP contribution is 2.45. The average molecular weight is 450 g/mol. The van der Waals surface area contributed by atoms with Crippen molar-refractivity contribution < 1.29 is 27.9 Å². The molecule has 172 valence electrons. The van der Waals surface area contributed by atoms with E-state index in [2.05, 4.69) is 13.8 Å². The standard InChI is InChI=1S/C25H26N2O6/c1-5-30-24(28)18-15-11-16-19(20(23(27)32-16)25(29)31-6-2)17(21(15)33-22(18)26)14-9-7-13(8-10-14)12(3)4/h7-12H,5-6,26-27H2,1-4H3. The average Bonchev–Trinajstić information content (AvgIpc) is 3.27. The molecule has 8 heteroatoms. The molecule has 0 aliphatic carbocycles. The lowest BCUT2D eigenvalue weighted by molar-refractivity contribution is 0.0519. The minimum atomic E-state index is -0.613. The van der Waals surface area contributed by atoms with Gasteiger partial charge in [-0.3, -0.25) is 0 Å². The zero-order chi connectivity index (χ0) is 23.9. The summed E-state index contributed by atoms with van der Waals surface area (Å²) >= 11 is 0. The molecule has 0 amide bonds. The molecule has 0 spiro atoms. The molecule has 4 rings (SSSR count). The molecule has 0 unspecified atom stereocenters. The number of carbonyl (C=O) groups is 2. The van der Waals surface area contributed by atoms with Crippen LogP contribution in [0.5, 0.6) is 0 Å². The summed E-state index contributed by atoms with van der Waals surface area (Å²) in [5.74, 6) is -1.05. The topological polar surface area (TPSA) is 131 Å². The van der Waals surface area contributed by atoms with E-state index in [1.54, 1.807) is 19.9 Å². The normalized spacial score (nSPS) is 11.4. The predicted molar refractivity (Wildman–Crippen MR) is 126 cm³/mol. The number of fused-ring (bicyclic) bond motifs is 2. The summed E-state index contributed by atoms with van der Waals surface area (Å²) in [7, 11) is 0. The van der Waals surface area contributed by atoms with Crippen LogP contribution in [0.15, 0.2) is 39.2 Å². The van der Waals surface area contributed by atoms with Gasteiger partial charge in [-0.2, -0.15) is 0 Å². The van der Waals surface area contributed by atoms with E-state index in [-0.39, 0.29) is 36.1 Å². The number of carbonyl (C=O) groups excluding carboxylic acids is 2. The molecule has 2 aromatic carbocycles. The lowest BCUT2D eigenvalue weighted by atomic mass is 9.93. The maximum absolute atomic E-state index is 12.8. The van der Waals surface area contributed by atoms with E-state index < -0.39 is 11.9 Å². The highest BCUT2D eigenvalue weighted by molar-refractivity contribution is 6.22. The first-order chi connectivity index (χ1) is 15.8.